The van der Waals surface area contributed by atoms with Crippen molar-refractivity contribution < 1.29 is 71.9 Å². The molecule has 1 aromatic carbocycles. The van der Waals surface area contributed by atoms with Crippen molar-refractivity contribution in [1.29, 1.82) is 0 Å². The number of carbonyl (C=O) groups is 1. The van der Waals surface area contributed by atoms with Gasteiger partial charge < -0.3 is 45.8 Å². The Bertz CT molecular complexity index is 2460. The number of nitrogens with zero attached hydrogens (tertiary/aromatic N) is 6. The third-order valence-electron chi connectivity index (χ3n) is 8.35. The van der Waals surface area contributed by atoms with Crippen LogP contribution in [-0.4, -0.2) is 126 Å². The highest BCUT2D eigenvalue weighted by molar-refractivity contribution is 7.61. The van der Waals surface area contributed by atoms with Gasteiger partial charge in [-0.15, -0.1) is 0 Å². The van der Waals surface area contributed by atoms with Crippen LogP contribution in [0.25, 0.3) is 33.4 Å². The van der Waals surface area contributed by atoms with Crippen molar-refractivity contribution in [3.8, 4) is 0 Å². The lowest BCUT2D eigenvalue weighted by Gasteiger charge is -2.24. The molecule has 1 saturated heterocycles. The number of benzene rings is 1. The Balaban J connectivity index is 1.08. The molecule has 5 aromatic rings. The van der Waals surface area contributed by atoms with Crippen LogP contribution < -0.4 is 21.5 Å². The van der Waals surface area contributed by atoms with Crippen LogP contribution in [0, 0.1) is 6.92 Å². The maximum Gasteiger partial charge on any atom is 0.481 e. The molecule has 27 heteroatoms. The van der Waals surface area contributed by atoms with Crippen molar-refractivity contribution >= 4 is 61.1 Å². The van der Waals surface area contributed by atoms with E-state index in [1.807, 2.05) is 4.98 Å². The van der Waals surface area contributed by atoms with Crippen LogP contribution in [0.3, 0.4) is 0 Å². The van der Waals surface area contributed by atoms with Gasteiger partial charge in [-0.2, -0.15) is 9.29 Å². The minimum Gasteiger partial charge on any atom is -0.388 e. The number of hydrogen-bond acceptors (Lipinski definition) is 19. The van der Waals surface area contributed by atoms with Crippen molar-refractivity contribution in [2.24, 2.45) is 0 Å². The molecule has 0 amide bonds. The SMILES string of the molecule is Cc1cc2nc3c(=O)[nH]c(=O)[nH]c3[n+](C[C@H](O)[C@H](O)[C@H](O)COP(=O)(O)OP(=O)(O)OC[C@H]3O[C@@H](n4cnc5c(N)ncnc54)[C@H](O)[C@@H]3O)c2cc1C=O. The summed E-state index contributed by atoms with van der Waals surface area (Å²) in [7, 11) is -11.1. The first-order valence-electron chi connectivity index (χ1n) is 15.5. The summed E-state index contributed by atoms with van der Waals surface area (Å²) in [6.07, 6.45) is -9.64. The molecule has 2 unspecified atom stereocenters. The van der Waals surface area contributed by atoms with Gasteiger partial charge in [-0.05, 0) is 24.6 Å². The predicted molar refractivity (Wildman–Crippen MR) is 177 cm³/mol. The van der Waals surface area contributed by atoms with Crippen LogP contribution in [0.4, 0.5) is 5.82 Å². The lowest BCUT2D eigenvalue weighted by molar-refractivity contribution is -0.657. The number of aromatic amines is 2. The summed E-state index contributed by atoms with van der Waals surface area (Å²) >= 11 is 0. The first-order valence-corrected chi connectivity index (χ1v) is 18.5. The third-order valence-corrected chi connectivity index (χ3v) is 11.0. The van der Waals surface area contributed by atoms with Crippen molar-refractivity contribution in [3.63, 3.8) is 0 Å². The number of nitrogen functional groups attached to an aromatic ring is 1. The third kappa shape index (κ3) is 7.85. The Kier molecular flexibility index (Phi) is 10.9. The highest BCUT2D eigenvalue weighted by atomic mass is 31.3. The zero-order chi connectivity index (χ0) is 39.3. The number of aryl methyl sites for hydroxylation is 1. The number of carbonyl (C=O) groups excluding carboxylic acids is 1. The molecule has 1 fully saturated rings. The average molecular weight is 801 g/mol. The van der Waals surface area contributed by atoms with Gasteiger partial charge in [0.2, 0.25) is 5.52 Å². The van der Waals surface area contributed by atoms with Gasteiger partial charge in [0, 0.05) is 5.56 Å². The Morgan fingerprint density at radius 1 is 1.04 bits per heavy atom. The van der Waals surface area contributed by atoms with Crippen LogP contribution in [0.1, 0.15) is 22.1 Å². The Hall–Kier alpha value is -4.46. The van der Waals surface area contributed by atoms with Gasteiger partial charge in [-0.3, -0.25) is 28.2 Å². The molecule has 25 nitrogen and oxygen atoms in total. The number of ether oxygens (including phenoxy) is 1. The molecule has 6 rings (SSSR count). The molecular formula is C27H32N9O16P2+. The Morgan fingerprint density at radius 3 is 2.48 bits per heavy atom. The van der Waals surface area contributed by atoms with E-state index in [0.717, 1.165) is 10.9 Å². The van der Waals surface area contributed by atoms with Gasteiger partial charge in [0.15, 0.2) is 23.2 Å². The van der Waals surface area contributed by atoms with Gasteiger partial charge in [0.1, 0.15) is 66.8 Å². The van der Waals surface area contributed by atoms with Gasteiger partial charge >= 0.3 is 27.0 Å². The second-order valence-corrected chi connectivity index (χ2v) is 15.1. The lowest BCUT2D eigenvalue weighted by atomic mass is 10.1. The van der Waals surface area contributed by atoms with E-state index in [1.165, 1.54) is 23.0 Å². The van der Waals surface area contributed by atoms with Crippen LogP contribution in [-0.2, 0) is 33.8 Å². The number of anilines is 1. The number of aliphatic hydroxyl groups is 5. The largest absolute Gasteiger partial charge is 0.481 e. The fraction of sp³-hybridized carbons (Fsp3) is 0.407. The fourth-order valence-corrected chi connectivity index (χ4v) is 7.74. The number of phosphoric ester groups is 2. The topological polar surface area (TPSA) is 382 Å². The first kappa shape index (κ1) is 39.2. The maximum atomic E-state index is 12.5. The van der Waals surface area contributed by atoms with Gasteiger partial charge in [0.25, 0.3) is 5.56 Å². The number of fused-ring (bicyclic) bond motifs is 3. The highest BCUT2D eigenvalue weighted by Gasteiger charge is 2.46. The Labute approximate surface area is 299 Å². The number of imidazole rings is 1. The zero-order valence-corrected chi connectivity index (χ0v) is 29.3. The van der Waals surface area contributed by atoms with E-state index >= 15 is 0 Å². The van der Waals surface area contributed by atoms with Crippen molar-refractivity contribution in [1.82, 2.24) is 34.5 Å². The number of nitrogens with one attached hydrogen (secondary N) is 2. The summed E-state index contributed by atoms with van der Waals surface area (Å²) in [6, 6.07) is 2.82. The van der Waals surface area contributed by atoms with E-state index in [9.17, 15) is 58.8 Å². The van der Waals surface area contributed by atoms with E-state index in [-0.39, 0.29) is 44.7 Å². The second kappa shape index (κ2) is 15.0. The number of phosphoric acid groups is 2. The Morgan fingerprint density at radius 2 is 1.76 bits per heavy atom. The smallest absolute Gasteiger partial charge is 0.388 e. The molecule has 9 atom stereocenters. The summed E-state index contributed by atoms with van der Waals surface area (Å²) < 4.78 is 46.4. The van der Waals surface area contributed by atoms with Gasteiger partial charge in [-0.1, -0.05) is 0 Å². The maximum absolute atomic E-state index is 12.5. The minimum atomic E-state index is -5.57. The van der Waals surface area contributed by atoms with Crippen LogP contribution in [0.15, 0.2) is 34.4 Å². The molecule has 1 aliphatic heterocycles. The van der Waals surface area contributed by atoms with E-state index in [4.69, 9.17) is 10.5 Å². The summed E-state index contributed by atoms with van der Waals surface area (Å²) in [5.41, 5.74) is 4.65. The molecule has 0 saturated carbocycles. The predicted octanol–water partition coefficient (Wildman–Crippen LogP) is -3.45. The minimum absolute atomic E-state index is 0.0212. The summed E-state index contributed by atoms with van der Waals surface area (Å²) in [5, 5.41) is 53.0. The number of aromatic nitrogens is 8. The summed E-state index contributed by atoms with van der Waals surface area (Å²) in [4.78, 5) is 76.8. The molecule has 11 N–H and O–H groups in total. The average Bonchev–Trinajstić information content (AvgIpc) is 3.66. The molecule has 290 valence electrons. The molecular weight excluding hydrogens is 768 g/mol. The normalized spacial score (nSPS) is 23.0. The van der Waals surface area contributed by atoms with Crippen LogP contribution in [0.2, 0.25) is 0 Å². The number of aliphatic hydroxyl groups excluding tert-OH is 5. The lowest BCUT2D eigenvalue weighted by Crippen LogP contribution is -2.51. The number of H-pyrrole nitrogens is 2. The van der Waals surface area contributed by atoms with E-state index in [2.05, 4.69) is 38.3 Å². The van der Waals surface area contributed by atoms with Crippen molar-refractivity contribution in [2.45, 2.75) is 56.3 Å². The second-order valence-electron chi connectivity index (χ2n) is 12.0. The van der Waals surface area contributed by atoms with Gasteiger partial charge in [0.05, 0.1) is 19.5 Å². The monoisotopic (exact) mass is 800 g/mol. The number of nitrogens with two attached hydrogens (primary N) is 1. The van der Waals surface area contributed by atoms with E-state index in [0.29, 0.717) is 11.8 Å². The fourth-order valence-electron chi connectivity index (χ4n) is 5.65. The van der Waals surface area contributed by atoms with E-state index in [1.54, 1.807) is 6.92 Å². The highest BCUT2D eigenvalue weighted by Crippen LogP contribution is 2.60. The standard InChI is InChI=1S/C27H31N9O16P2/c1-10-2-12-13(3-11(10)5-37)35(24-18(32-12)25(43)34-27(44)33-24)4-14(38)19(40)15(39)6-49-53(45,46)52-54(47,48)50-7-16-20(41)21(42)26(51-16)36-9-31-17-22(28)29-8-30-23(17)36/h2-3,5,8-9,14-16,19-21,26,38-42H,4,6-7H2,1H3,(H5,28,29,30,34,43,44,45,46,47,48)/p+1/t14-,15+,16+,19-,20+,21+,26+/m0/s1. The molecule has 0 aliphatic carbocycles. The molecule has 54 heavy (non-hydrogen) atoms. The van der Waals surface area contributed by atoms with Crippen molar-refractivity contribution in [2.75, 3.05) is 18.9 Å². The number of rotatable bonds is 14. The van der Waals surface area contributed by atoms with Gasteiger partial charge in [-0.25, -0.2) is 38.4 Å². The number of hydrogen-bond donors (Lipinski definition) is 10. The molecule has 0 bridgehead atoms. The first-order chi connectivity index (χ1) is 25.4. The van der Waals surface area contributed by atoms with Crippen molar-refractivity contribution in [3.05, 3.63) is 56.8 Å². The summed E-state index contributed by atoms with van der Waals surface area (Å²) in [6.45, 7) is -1.30. The quantitative estimate of drug-likeness (QED) is 0.0226. The van der Waals surface area contributed by atoms with E-state index < -0.39 is 89.5 Å². The number of aldehydes is 1. The molecule has 0 radical (unpaired) electrons. The van der Waals surface area contributed by atoms with Crippen LogP contribution >= 0.6 is 15.6 Å². The molecule has 0 spiro atoms. The molecule has 5 heterocycles. The van der Waals surface area contributed by atoms with Crippen LogP contribution in [0.5, 0.6) is 0 Å². The molecule has 4 aromatic heterocycles. The summed E-state index contributed by atoms with van der Waals surface area (Å²) in [5.74, 6) is 0.0212. The zero-order valence-electron chi connectivity index (χ0n) is 27.5. The molecule has 1 aliphatic rings.